The van der Waals surface area contributed by atoms with Crippen LogP contribution >= 0.6 is 0 Å². The molecule has 1 atom stereocenters. The van der Waals surface area contributed by atoms with Crippen LogP contribution in [0.3, 0.4) is 0 Å². The molecule has 1 saturated heterocycles. The average Bonchev–Trinajstić information content (AvgIpc) is 2.56. The molecule has 1 unspecified atom stereocenters. The van der Waals surface area contributed by atoms with Gasteiger partial charge in [-0.05, 0) is 38.5 Å². The second-order valence-corrected chi connectivity index (χ2v) is 4.48. The van der Waals surface area contributed by atoms with Gasteiger partial charge in [0.15, 0.2) is 0 Å². The number of carbonyl (C=O) groups is 1. The van der Waals surface area contributed by atoms with E-state index in [1.54, 1.807) is 0 Å². The minimum atomic E-state index is 0.192. The van der Waals surface area contributed by atoms with E-state index in [1.807, 2.05) is 19.0 Å². The number of likely N-dealkylation sites (tertiary alicyclic amines) is 1. The van der Waals surface area contributed by atoms with E-state index in [0.717, 1.165) is 26.1 Å². The molecule has 6 nitrogen and oxygen atoms in total. The summed E-state index contributed by atoms with van der Waals surface area (Å²) in [6, 6.07) is 0. The second-order valence-electron chi connectivity index (χ2n) is 4.48. The van der Waals surface area contributed by atoms with Crippen molar-refractivity contribution in [1.82, 2.24) is 9.80 Å². The van der Waals surface area contributed by atoms with Crippen LogP contribution in [0.25, 0.3) is 10.4 Å². The largest absolute Gasteiger partial charge is 0.342 e. The van der Waals surface area contributed by atoms with E-state index < -0.39 is 0 Å². The van der Waals surface area contributed by atoms with Gasteiger partial charge in [-0.25, -0.2) is 0 Å². The molecule has 1 aliphatic heterocycles. The van der Waals surface area contributed by atoms with Crippen molar-refractivity contribution < 1.29 is 4.79 Å². The highest BCUT2D eigenvalue weighted by Gasteiger charge is 2.28. The number of nitrogens with zero attached hydrogens (tertiary/aromatic N) is 5. The van der Waals surface area contributed by atoms with Crippen LogP contribution in [-0.4, -0.2) is 56.0 Å². The van der Waals surface area contributed by atoms with Gasteiger partial charge in [0.05, 0.1) is 0 Å². The fourth-order valence-corrected chi connectivity index (χ4v) is 1.92. The van der Waals surface area contributed by atoms with Gasteiger partial charge in [-0.15, -0.1) is 0 Å². The SMILES string of the molecule is CN(C)CCCN1CC(CN=[N+]=[N-])CC1=O. The van der Waals surface area contributed by atoms with Crippen LogP contribution in [0.2, 0.25) is 0 Å². The zero-order valence-corrected chi connectivity index (χ0v) is 9.96. The Hall–Kier alpha value is -1.26. The average molecular weight is 225 g/mol. The number of rotatable bonds is 6. The van der Waals surface area contributed by atoms with Gasteiger partial charge in [-0.1, -0.05) is 5.11 Å². The Labute approximate surface area is 95.8 Å². The smallest absolute Gasteiger partial charge is 0.222 e. The Morgan fingerprint density at radius 3 is 3.00 bits per heavy atom. The minimum absolute atomic E-state index is 0.192. The van der Waals surface area contributed by atoms with Crippen LogP contribution in [0.15, 0.2) is 5.11 Å². The van der Waals surface area contributed by atoms with Crippen molar-refractivity contribution in [2.75, 3.05) is 40.3 Å². The minimum Gasteiger partial charge on any atom is -0.342 e. The Bertz CT molecular complexity index is 285. The topological polar surface area (TPSA) is 72.3 Å². The summed E-state index contributed by atoms with van der Waals surface area (Å²) in [6.07, 6.45) is 1.52. The highest BCUT2D eigenvalue weighted by molar-refractivity contribution is 5.78. The molecule has 0 saturated carbocycles. The summed E-state index contributed by atoms with van der Waals surface area (Å²) in [7, 11) is 4.05. The van der Waals surface area contributed by atoms with Crippen molar-refractivity contribution in [3.8, 4) is 0 Å². The molecule has 0 aliphatic carbocycles. The Morgan fingerprint density at radius 1 is 1.62 bits per heavy atom. The second kappa shape index (κ2) is 6.35. The maximum Gasteiger partial charge on any atom is 0.222 e. The summed E-state index contributed by atoms with van der Waals surface area (Å²) >= 11 is 0. The van der Waals surface area contributed by atoms with Crippen molar-refractivity contribution >= 4 is 5.91 Å². The van der Waals surface area contributed by atoms with Gasteiger partial charge in [0.25, 0.3) is 0 Å². The van der Waals surface area contributed by atoms with Crippen LogP contribution in [0.5, 0.6) is 0 Å². The van der Waals surface area contributed by atoms with E-state index in [0.29, 0.717) is 13.0 Å². The van der Waals surface area contributed by atoms with Crippen LogP contribution in [0.1, 0.15) is 12.8 Å². The molecule has 1 heterocycles. The number of carbonyl (C=O) groups excluding carboxylic acids is 1. The zero-order valence-electron chi connectivity index (χ0n) is 9.96. The van der Waals surface area contributed by atoms with Gasteiger partial charge in [-0.3, -0.25) is 4.79 Å². The first-order valence-electron chi connectivity index (χ1n) is 5.57. The van der Waals surface area contributed by atoms with Crippen molar-refractivity contribution in [1.29, 1.82) is 0 Å². The fourth-order valence-electron chi connectivity index (χ4n) is 1.92. The molecule has 90 valence electrons. The molecule has 0 spiro atoms. The molecule has 1 amide bonds. The normalized spacial score (nSPS) is 20.3. The third-order valence-electron chi connectivity index (χ3n) is 2.73. The van der Waals surface area contributed by atoms with Gasteiger partial charge >= 0.3 is 0 Å². The molecular weight excluding hydrogens is 206 g/mol. The predicted molar refractivity (Wildman–Crippen MR) is 61.9 cm³/mol. The van der Waals surface area contributed by atoms with Gasteiger partial charge in [0, 0.05) is 31.0 Å². The molecule has 1 fully saturated rings. The summed E-state index contributed by atoms with van der Waals surface area (Å²) in [5.74, 6) is 0.402. The van der Waals surface area contributed by atoms with E-state index in [-0.39, 0.29) is 11.8 Å². The summed E-state index contributed by atoms with van der Waals surface area (Å²) in [5, 5.41) is 3.52. The maximum atomic E-state index is 11.6. The van der Waals surface area contributed by atoms with E-state index in [1.165, 1.54) is 0 Å². The lowest BCUT2D eigenvalue weighted by atomic mass is 10.1. The highest BCUT2D eigenvalue weighted by atomic mass is 16.2. The molecule has 16 heavy (non-hydrogen) atoms. The van der Waals surface area contributed by atoms with Crippen LogP contribution in [-0.2, 0) is 4.79 Å². The molecule has 0 aromatic carbocycles. The Kier molecular flexibility index (Phi) is 5.08. The van der Waals surface area contributed by atoms with E-state index in [9.17, 15) is 4.79 Å². The van der Waals surface area contributed by atoms with Crippen LogP contribution in [0, 0.1) is 5.92 Å². The summed E-state index contributed by atoms with van der Waals surface area (Å²) in [6.45, 7) is 2.98. The molecule has 0 aromatic rings. The first-order valence-corrected chi connectivity index (χ1v) is 5.57. The summed E-state index contributed by atoms with van der Waals surface area (Å²) in [5.41, 5.74) is 8.22. The van der Waals surface area contributed by atoms with E-state index >= 15 is 0 Å². The third kappa shape index (κ3) is 4.08. The van der Waals surface area contributed by atoms with Crippen LogP contribution in [0.4, 0.5) is 0 Å². The lowest BCUT2D eigenvalue weighted by Gasteiger charge is -2.17. The maximum absolute atomic E-state index is 11.6. The standard InChI is InChI=1S/C10H19N5O/c1-14(2)4-3-5-15-8-9(6-10(15)16)7-12-13-11/h9H,3-8H2,1-2H3. The Morgan fingerprint density at radius 2 is 2.38 bits per heavy atom. The number of hydrogen-bond donors (Lipinski definition) is 0. The molecule has 0 N–H and O–H groups in total. The lowest BCUT2D eigenvalue weighted by Crippen LogP contribution is -2.28. The van der Waals surface area contributed by atoms with Crippen molar-refractivity contribution in [3.05, 3.63) is 10.4 Å². The van der Waals surface area contributed by atoms with Gasteiger partial charge in [0.1, 0.15) is 0 Å². The van der Waals surface area contributed by atoms with Crippen molar-refractivity contribution in [3.63, 3.8) is 0 Å². The summed E-state index contributed by atoms with van der Waals surface area (Å²) in [4.78, 5) is 18.3. The lowest BCUT2D eigenvalue weighted by molar-refractivity contribution is -0.127. The molecular formula is C10H19N5O. The molecule has 1 rings (SSSR count). The molecule has 6 heteroatoms. The zero-order chi connectivity index (χ0) is 12.0. The number of azide groups is 1. The number of hydrogen-bond acceptors (Lipinski definition) is 3. The molecule has 1 aliphatic rings. The summed E-state index contributed by atoms with van der Waals surface area (Å²) < 4.78 is 0. The molecule has 0 bridgehead atoms. The van der Waals surface area contributed by atoms with Crippen molar-refractivity contribution in [2.45, 2.75) is 12.8 Å². The predicted octanol–water partition coefficient (Wildman–Crippen LogP) is 1.10. The quantitative estimate of drug-likeness (QED) is 0.385. The van der Waals surface area contributed by atoms with Crippen molar-refractivity contribution in [2.24, 2.45) is 11.0 Å². The monoisotopic (exact) mass is 225 g/mol. The molecule has 0 radical (unpaired) electrons. The number of amides is 1. The van der Waals surface area contributed by atoms with E-state index in [4.69, 9.17) is 5.53 Å². The first kappa shape index (κ1) is 12.8. The fraction of sp³-hybridized carbons (Fsp3) is 0.900. The molecule has 0 aromatic heterocycles. The first-order chi connectivity index (χ1) is 7.63. The van der Waals surface area contributed by atoms with Gasteiger partial charge in [0.2, 0.25) is 5.91 Å². The van der Waals surface area contributed by atoms with E-state index in [2.05, 4.69) is 14.9 Å². The Balaban J connectivity index is 2.28. The van der Waals surface area contributed by atoms with Crippen LogP contribution < -0.4 is 0 Å². The van der Waals surface area contributed by atoms with Gasteiger partial charge < -0.3 is 9.80 Å². The third-order valence-corrected chi connectivity index (χ3v) is 2.73. The highest BCUT2D eigenvalue weighted by Crippen LogP contribution is 2.18. The van der Waals surface area contributed by atoms with Gasteiger partial charge in [-0.2, -0.15) is 0 Å².